The van der Waals surface area contributed by atoms with Gasteiger partial charge in [-0.3, -0.25) is 9.10 Å². The van der Waals surface area contributed by atoms with Crippen molar-refractivity contribution >= 4 is 50.5 Å². The molecule has 0 saturated heterocycles. The number of nitrogens with zero attached hydrogens (tertiary/aromatic N) is 1. The molecule has 0 spiro atoms. The minimum Gasteiger partial charge on any atom is -0.455 e. The summed E-state index contributed by atoms with van der Waals surface area (Å²) >= 11 is 11.6. The molecule has 0 aliphatic heterocycles. The van der Waals surface area contributed by atoms with Gasteiger partial charge in [-0.1, -0.05) is 41.4 Å². The second-order valence-corrected chi connectivity index (χ2v) is 9.79. The highest BCUT2D eigenvalue weighted by Crippen LogP contribution is 2.37. The number of hydrogen-bond donors (Lipinski definition) is 1. The molecule has 34 heavy (non-hydrogen) atoms. The first kappa shape index (κ1) is 25.7. The number of nitrogens with one attached hydrogen (secondary N) is 1. The Labute approximate surface area is 203 Å². The standard InChI is InChI=1S/C22H17Cl2F3N2O4S/c1-34(31,32)29(15-8-9-18(24)17(12-15)22(25,26)27)13-21(30)28-19-11-14(23)7-10-20(19)33-16-5-3-2-4-6-16/h2-12H,13H2,1H3,(H,28,30). The Morgan fingerprint density at radius 2 is 1.71 bits per heavy atom. The van der Waals surface area contributed by atoms with Gasteiger partial charge in [-0.2, -0.15) is 13.2 Å². The molecule has 0 bridgehead atoms. The van der Waals surface area contributed by atoms with Crippen LogP contribution in [-0.2, 0) is 21.0 Å². The van der Waals surface area contributed by atoms with Crippen molar-refractivity contribution < 1.29 is 31.1 Å². The Kier molecular flexibility index (Phi) is 7.64. The van der Waals surface area contributed by atoms with Gasteiger partial charge in [0.15, 0.2) is 5.75 Å². The number of alkyl halides is 3. The summed E-state index contributed by atoms with van der Waals surface area (Å²) < 4.78 is 70.6. The lowest BCUT2D eigenvalue weighted by Crippen LogP contribution is -2.37. The Morgan fingerprint density at radius 1 is 1.03 bits per heavy atom. The van der Waals surface area contributed by atoms with Crippen LogP contribution in [0.25, 0.3) is 0 Å². The summed E-state index contributed by atoms with van der Waals surface area (Å²) in [6.45, 7) is -0.810. The Hall–Kier alpha value is -2.95. The molecule has 180 valence electrons. The van der Waals surface area contributed by atoms with Crippen LogP contribution in [-0.4, -0.2) is 27.1 Å². The summed E-state index contributed by atoms with van der Waals surface area (Å²) in [5.74, 6) is -0.145. The lowest BCUT2D eigenvalue weighted by molar-refractivity contribution is -0.137. The highest BCUT2D eigenvalue weighted by Gasteiger charge is 2.34. The first-order valence-electron chi connectivity index (χ1n) is 9.51. The third-order valence-corrected chi connectivity index (χ3v) is 6.12. The van der Waals surface area contributed by atoms with Crippen molar-refractivity contribution in [2.24, 2.45) is 0 Å². The molecule has 1 N–H and O–H groups in total. The van der Waals surface area contributed by atoms with Gasteiger partial charge in [-0.15, -0.1) is 0 Å². The summed E-state index contributed by atoms with van der Waals surface area (Å²) in [5, 5.41) is 2.16. The smallest absolute Gasteiger partial charge is 0.417 e. The van der Waals surface area contributed by atoms with Crippen LogP contribution in [0.3, 0.4) is 0 Å². The quantitative estimate of drug-likeness (QED) is 0.392. The molecule has 0 saturated carbocycles. The zero-order valence-electron chi connectivity index (χ0n) is 17.4. The lowest BCUT2D eigenvalue weighted by atomic mass is 10.2. The van der Waals surface area contributed by atoms with E-state index < -0.39 is 39.2 Å². The van der Waals surface area contributed by atoms with E-state index in [-0.39, 0.29) is 22.1 Å². The van der Waals surface area contributed by atoms with Crippen molar-refractivity contribution in [1.82, 2.24) is 0 Å². The highest BCUT2D eigenvalue weighted by molar-refractivity contribution is 7.92. The van der Waals surface area contributed by atoms with Gasteiger partial charge >= 0.3 is 6.18 Å². The number of carbonyl (C=O) groups is 1. The Balaban J connectivity index is 1.88. The molecule has 0 atom stereocenters. The maximum absolute atomic E-state index is 13.2. The van der Waals surface area contributed by atoms with E-state index in [4.69, 9.17) is 27.9 Å². The number of amides is 1. The van der Waals surface area contributed by atoms with E-state index in [1.165, 1.54) is 18.2 Å². The van der Waals surface area contributed by atoms with Crippen LogP contribution >= 0.6 is 23.2 Å². The number of para-hydroxylation sites is 1. The molecular weight excluding hydrogens is 516 g/mol. The molecule has 3 rings (SSSR count). The maximum atomic E-state index is 13.2. The maximum Gasteiger partial charge on any atom is 0.417 e. The molecule has 3 aromatic carbocycles. The SMILES string of the molecule is CS(=O)(=O)N(CC(=O)Nc1cc(Cl)ccc1Oc1ccccc1)c1ccc(Cl)c(C(F)(F)F)c1. The van der Waals surface area contributed by atoms with Gasteiger partial charge in [0.1, 0.15) is 12.3 Å². The molecule has 12 heteroatoms. The molecule has 1 amide bonds. The minimum atomic E-state index is -4.82. The predicted molar refractivity (Wildman–Crippen MR) is 125 cm³/mol. The molecule has 0 aromatic heterocycles. The Morgan fingerprint density at radius 3 is 2.32 bits per heavy atom. The third kappa shape index (κ3) is 6.55. The molecule has 0 fully saturated rings. The molecule has 0 aliphatic carbocycles. The molecule has 0 heterocycles. The van der Waals surface area contributed by atoms with Gasteiger partial charge in [0.05, 0.1) is 28.2 Å². The van der Waals surface area contributed by atoms with Crippen molar-refractivity contribution in [2.45, 2.75) is 6.18 Å². The largest absolute Gasteiger partial charge is 0.455 e. The van der Waals surface area contributed by atoms with Crippen LogP contribution in [0.2, 0.25) is 10.0 Å². The lowest BCUT2D eigenvalue weighted by Gasteiger charge is -2.23. The van der Waals surface area contributed by atoms with Gasteiger partial charge < -0.3 is 10.1 Å². The number of ether oxygens (including phenoxy) is 1. The van der Waals surface area contributed by atoms with Crippen LogP contribution in [0.5, 0.6) is 11.5 Å². The fourth-order valence-electron chi connectivity index (χ4n) is 2.91. The second-order valence-electron chi connectivity index (χ2n) is 7.04. The van der Waals surface area contributed by atoms with Crippen LogP contribution in [0.1, 0.15) is 5.56 Å². The summed E-state index contributed by atoms with van der Waals surface area (Å²) in [6, 6.07) is 15.6. The van der Waals surface area contributed by atoms with E-state index in [1.807, 2.05) is 0 Å². The fraction of sp³-hybridized carbons (Fsp3) is 0.136. The van der Waals surface area contributed by atoms with Gasteiger partial charge in [-0.25, -0.2) is 8.42 Å². The van der Waals surface area contributed by atoms with Gasteiger partial charge in [-0.05, 0) is 48.5 Å². The molecule has 0 radical (unpaired) electrons. The molecule has 3 aromatic rings. The number of anilines is 2. The van der Waals surface area contributed by atoms with E-state index in [1.54, 1.807) is 30.3 Å². The van der Waals surface area contributed by atoms with Gasteiger partial charge in [0.2, 0.25) is 15.9 Å². The van der Waals surface area contributed by atoms with Crippen LogP contribution < -0.4 is 14.4 Å². The highest BCUT2D eigenvalue weighted by atomic mass is 35.5. The van der Waals surface area contributed by atoms with E-state index >= 15 is 0 Å². The van der Waals surface area contributed by atoms with Crippen LogP contribution in [0.4, 0.5) is 24.5 Å². The third-order valence-electron chi connectivity index (χ3n) is 4.42. The minimum absolute atomic E-state index is 0.141. The first-order chi connectivity index (χ1) is 15.8. The first-order valence-corrected chi connectivity index (χ1v) is 12.1. The second kappa shape index (κ2) is 10.1. The zero-order chi connectivity index (χ0) is 25.1. The van der Waals surface area contributed by atoms with E-state index in [2.05, 4.69) is 5.32 Å². The van der Waals surface area contributed by atoms with Crippen molar-refractivity contribution in [2.75, 3.05) is 22.4 Å². The van der Waals surface area contributed by atoms with Crippen molar-refractivity contribution in [1.29, 1.82) is 0 Å². The van der Waals surface area contributed by atoms with Crippen molar-refractivity contribution in [3.05, 3.63) is 82.3 Å². The number of sulfonamides is 1. The summed E-state index contributed by atoms with van der Waals surface area (Å²) in [7, 11) is -4.14. The normalized spacial score (nSPS) is 11.7. The fourth-order valence-corrected chi connectivity index (χ4v) is 4.16. The van der Waals surface area contributed by atoms with E-state index in [0.717, 1.165) is 18.4 Å². The predicted octanol–water partition coefficient (Wildman–Crippen LogP) is 6.21. The zero-order valence-corrected chi connectivity index (χ0v) is 19.8. The van der Waals surface area contributed by atoms with Gasteiger partial charge in [0.25, 0.3) is 0 Å². The van der Waals surface area contributed by atoms with Crippen molar-refractivity contribution in [3.63, 3.8) is 0 Å². The van der Waals surface area contributed by atoms with Crippen molar-refractivity contribution in [3.8, 4) is 11.5 Å². The van der Waals surface area contributed by atoms with Gasteiger partial charge in [0, 0.05) is 5.02 Å². The number of rotatable bonds is 7. The summed E-state index contributed by atoms with van der Waals surface area (Å²) in [6.07, 6.45) is -4.05. The molecular formula is C22H17Cl2F3N2O4S. The number of halogens is 5. The van der Waals surface area contributed by atoms with Crippen LogP contribution in [0, 0.1) is 0 Å². The number of carbonyl (C=O) groups excluding carboxylic acids is 1. The molecule has 0 aliphatic rings. The summed E-state index contributed by atoms with van der Waals surface area (Å²) in [5.41, 5.74) is -1.46. The van der Waals surface area contributed by atoms with Crippen LogP contribution in [0.15, 0.2) is 66.7 Å². The number of benzene rings is 3. The average Bonchev–Trinajstić information content (AvgIpc) is 2.74. The molecule has 0 unspecified atom stereocenters. The number of hydrogen-bond acceptors (Lipinski definition) is 4. The monoisotopic (exact) mass is 532 g/mol. The molecule has 6 nitrogen and oxygen atoms in total. The topological polar surface area (TPSA) is 75.7 Å². The van der Waals surface area contributed by atoms with E-state index in [9.17, 15) is 26.4 Å². The summed E-state index contributed by atoms with van der Waals surface area (Å²) in [4.78, 5) is 12.7. The van der Waals surface area contributed by atoms with E-state index in [0.29, 0.717) is 16.1 Å². The Bertz CT molecular complexity index is 1300. The average molecular weight is 533 g/mol.